The number of aliphatic imine (C=N–C) groups is 1. The van der Waals surface area contributed by atoms with Crippen molar-refractivity contribution >= 4 is 68.0 Å². The number of hydrogen-bond donors (Lipinski definition) is 3. The molecule has 0 spiro atoms. The molecule has 0 unspecified atom stereocenters. The third kappa shape index (κ3) is 6.66. The number of aromatic amines is 1. The highest BCUT2D eigenvalue weighted by molar-refractivity contribution is 6.08. The molecular weight excluding hydrogens is 807 g/mol. The van der Waals surface area contributed by atoms with Gasteiger partial charge in [-0.3, -0.25) is 14.6 Å². The molecule has 64 heavy (non-hydrogen) atoms. The third-order valence-electron chi connectivity index (χ3n) is 14.6. The molecule has 1 aromatic heterocycles. The molecular formula is C51H51N7O6. The maximum Gasteiger partial charge on any atom is 0.407 e. The molecule has 3 N–H and O–H groups in total. The van der Waals surface area contributed by atoms with Crippen molar-refractivity contribution in [2.45, 2.75) is 88.6 Å². The summed E-state index contributed by atoms with van der Waals surface area (Å²) in [6.07, 6.45) is 4.16. The standard InChI is InChI=1S/C51H51N7O6/c1-26(2)43(55-50(61)63-3)48(59)57-34-15-10-32(22-34)46(57)47-53-39-19-14-31-21-29(12-17-36(31)45(39)54-47)28-11-16-35-30(20-28)13-18-38-37(35)25-40(52-38)42-24-33-23-41(33)58(42)49(60)44(56-51(62)64-4)27-8-6-5-7-9-27/h5-9,11-14,16-21,26,32-34,41-44,46H,10,15,22-25H2,1-4H3,(H,53,54)(H,55,61)(H,56,62)/t32-,33+,34+,41+,42-,43-,44+,46-/m0/s1. The minimum Gasteiger partial charge on any atom is -0.453 e. The highest BCUT2D eigenvalue weighted by Gasteiger charge is 2.57. The Kier molecular flexibility index (Phi) is 9.69. The summed E-state index contributed by atoms with van der Waals surface area (Å²) in [4.78, 5) is 71.1. The molecule has 3 aliphatic heterocycles. The number of amides is 4. The minimum atomic E-state index is -0.853. The van der Waals surface area contributed by atoms with Crippen LogP contribution in [0.3, 0.4) is 0 Å². The van der Waals surface area contributed by atoms with E-state index in [0.717, 1.165) is 98.6 Å². The van der Waals surface area contributed by atoms with Gasteiger partial charge < -0.3 is 34.9 Å². The first-order valence-corrected chi connectivity index (χ1v) is 22.5. The summed E-state index contributed by atoms with van der Waals surface area (Å²) in [6, 6.07) is 29.3. The number of carbonyl (C=O) groups is 4. The molecule has 5 aliphatic rings. The average molecular weight is 858 g/mol. The first-order valence-electron chi connectivity index (χ1n) is 22.5. The van der Waals surface area contributed by atoms with Gasteiger partial charge >= 0.3 is 12.2 Å². The lowest BCUT2D eigenvalue weighted by atomic mass is 9.94. The quantitative estimate of drug-likeness (QED) is 0.131. The van der Waals surface area contributed by atoms with E-state index in [0.29, 0.717) is 18.3 Å². The zero-order valence-corrected chi connectivity index (χ0v) is 36.3. The van der Waals surface area contributed by atoms with Crippen molar-refractivity contribution in [1.82, 2.24) is 30.4 Å². The molecule has 4 fully saturated rings. The summed E-state index contributed by atoms with van der Waals surface area (Å²) in [7, 11) is 2.62. The molecule has 2 bridgehead atoms. The summed E-state index contributed by atoms with van der Waals surface area (Å²) in [6.45, 7) is 3.88. The second kappa shape index (κ2) is 15.5. The lowest BCUT2D eigenvalue weighted by Gasteiger charge is -2.37. The number of fused-ring (bicyclic) bond motifs is 9. The summed E-state index contributed by atoms with van der Waals surface area (Å²) in [5, 5.41) is 9.97. The van der Waals surface area contributed by atoms with Gasteiger partial charge in [0.05, 0.1) is 43.0 Å². The number of aromatic nitrogens is 2. The van der Waals surface area contributed by atoms with Crippen molar-refractivity contribution in [3.05, 3.63) is 108 Å². The number of alkyl carbamates (subject to hydrolysis) is 2. The minimum absolute atomic E-state index is 0.0896. The topological polar surface area (TPSA) is 158 Å². The second-order valence-corrected chi connectivity index (χ2v) is 18.6. The van der Waals surface area contributed by atoms with E-state index in [-0.39, 0.29) is 41.9 Å². The van der Waals surface area contributed by atoms with Crippen LogP contribution in [0.15, 0.2) is 96.0 Å². The number of likely N-dealkylation sites (tertiary alicyclic amines) is 2. The van der Waals surface area contributed by atoms with Crippen molar-refractivity contribution in [3.63, 3.8) is 0 Å². The molecule has 5 aromatic carbocycles. The molecule has 8 atom stereocenters. The van der Waals surface area contributed by atoms with Gasteiger partial charge in [0.1, 0.15) is 17.9 Å². The normalized spacial score (nSPS) is 23.9. The molecule has 0 radical (unpaired) electrons. The summed E-state index contributed by atoms with van der Waals surface area (Å²) < 4.78 is 9.78. The van der Waals surface area contributed by atoms with E-state index in [1.165, 1.54) is 19.8 Å². The van der Waals surface area contributed by atoms with Crippen molar-refractivity contribution in [2.75, 3.05) is 14.2 Å². The van der Waals surface area contributed by atoms with Gasteiger partial charge in [0, 0.05) is 29.6 Å². The summed E-state index contributed by atoms with van der Waals surface area (Å²) >= 11 is 0. The molecule has 4 amide bonds. The number of benzene rings is 5. The SMILES string of the molecule is COC(=O)N[C@H](C(=O)N1[C@@H]2CC[C@@H](C2)[C@H]1c1nc2c(ccc3cc(-c4ccc5c6c(ccc5c4)N=C([C@@H]4C[C@H]5C[C@H]5N4C(=O)[C@H](NC(=O)OC)c4ccccc4)C6)ccc32)[nH]1)C(C)C. The highest BCUT2D eigenvalue weighted by atomic mass is 16.5. The lowest BCUT2D eigenvalue weighted by Crippen LogP contribution is -2.54. The Morgan fingerprint density at radius 1 is 0.750 bits per heavy atom. The van der Waals surface area contributed by atoms with Crippen LogP contribution in [0.4, 0.5) is 15.3 Å². The molecule has 6 aromatic rings. The Hall–Kier alpha value is -6.76. The Bertz CT molecular complexity index is 2930. The molecule has 4 heterocycles. The largest absolute Gasteiger partial charge is 0.453 e. The smallest absolute Gasteiger partial charge is 0.407 e. The zero-order valence-electron chi connectivity index (χ0n) is 36.3. The van der Waals surface area contributed by atoms with Gasteiger partial charge in [0.25, 0.3) is 5.91 Å². The molecule has 13 heteroatoms. The van der Waals surface area contributed by atoms with E-state index < -0.39 is 24.3 Å². The van der Waals surface area contributed by atoms with E-state index in [2.05, 4.69) is 76.3 Å². The van der Waals surface area contributed by atoms with Gasteiger partial charge in [-0.05, 0) is 113 Å². The number of imidazole rings is 1. The van der Waals surface area contributed by atoms with Crippen LogP contribution in [0.5, 0.6) is 0 Å². The Labute approximate surface area is 370 Å². The summed E-state index contributed by atoms with van der Waals surface area (Å²) in [5.74, 6) is 1.19. The van der Waals surface area contributed by atoms with Crippen LogP contribution in [0.2, 0.25) is 0 Å². The van der Waals surface area contributed by atoms with Gasteiger partial charge in [0.15, 0.2) is 0 Å². The summed E-state index contributed by atoms with van der Waals surface area (Å²) in [5.41, 5.74) is 7.83. The third-order valence-corrected chi connectivity index (χ3v) is 14.6. The number of nitrogens with one attached hydrogen (secondary N) is 3. The Morgan fingerprint density at radius 2 is 1.47 bits per heavy atom. The van der Waals surface area contributed by atoms with Gasteiger partial charge in [-0.25, -0.2) is 14.6 Å². The van der Waals surface area contributed by atoms with Crippen molar-refractivity contribution < 1.29 is 28.7 Å². The van der Waals surface area contributed by atoms with Crippen LogP contribution in [-0.2, 0) is 25.5 Å². The number of hydrogen-bond acceptors (Lipinski definition) is 8. The number of nitrogens with zero attached hydrogens (tertiary/aromatic N) is 4. The van der Waals surface area contributed by atoms with E-state index in [1.54, 1.807) is 0 Å². The van der Waals surface area contributed by atoms with E-state index in [1.807, 2.05) is 54.0 Å². The van der Waals surface area contributed by atoms with Gasteiger partial charge in [-0.2, -0.15) is 0 Å². The van der Waals surface area contributed by atoms with Crippen LogP contribution in [0.25, 0.3) is 43.7 Å². The van der Waals surface area contributed by atoms with Gasteiger partial charge in [-0.15, -0.1) is 0 Å². The van der Waals surface area contributed by atoms with Crippen LogP contribution < -0.4 is 10.6 Å². The van der Waals surface area contributed by atoms with Gasteiger partial charge in [0.2, 0.25) is 5.91 Å². The van der Waals surface area contributed by atoms with Crippen molar-refractivity contribution in [2.24, 2.45) is 22.7 Å². The Morgan fingerprint density at radius 3 is 2.22 bits per heavy atom. The molecule has 2 aliphatic carbocycles. The molecule has 326 valence electrons. The highest BCUT2D eigenvalue weighted by Crippen LogP contribution is 2.52. The zero-order chi connectivity index (χ0) is 44.0. The average Bonchev–Trinajstić information content (AvgIpc) is 3.91. The monoisotopic (exact) mass is 857 g/mol. The number of piperidine rings is 2. The molecule has 13 nitrogen and oxygen atoms in total. The maximum atomic E-state index is 14.4. The van der Waals surface area contributed by atoms with E-state index in [9.17, 15) is 19.2 Å². The van der Waals surface area contributed by atoms with Crippen LogP contribution in [0.1, 0.15) is 75.0 Å². The number of H-pyrrole nitrogens is 1. The fraction of sp³-hybridized carbons (Fsp3) is 0.373. The predicted molar refractivity (Wildman–Crippen MR) is 244 cm³/mol. The predicted octanol–water partition coefficient (Wildman–Crippen LogP) is 8.68. The molecule has 2 saturated heterocycles. The maximum absolute atomic E-state index is 14.4. The fourth-order valence-electron chi connectivity index (χ4n) is 11.4. The Balaban J connectivity index is 0.844. The van der Waals surface area contributed by atoms with Crippen LogP contribution >= 0.6 is 0 Å². The van der Waals surface area contributed by atoms with E-state index >= 15 is 0 Å². The van der Waals surface area contributed by atoms with Crippen molar-refractivity contribution in [3.8, 4) is 11.1 Å². The lowest BCUT2D eigenvalue weighted by molar-refractivity contribution is -0.139. The molecule has 2 saturated carbocycles. The van der Waals surface area contributed by atoms with Crippen LogP contribution in [0, 0.1) is 17.8 Å². The number of methoxy groups -OCH3 is 2. The van der Waals surface area contributed by atoms with Crippen LogP contribution in [-0.4, -0.2) is 87.9 Å². The first kappa shape index (κ1) is 40.0. The number of carbonyl (C=O) groups excluding carboxylic acids is 4. The van der Waals surface area contributed by atoms with Crippen molar-refractivity contribution in [1.29, 1.82) is 0 Å². The fourth-order valence-corrected chi connectivity index (χ4v) is 11.4. The second-order valence-electron chi connectivity index (χ2n) is 18.6. The van der Waals surface area contributed by atoms with Gasteiger partial charge in [-0.1, -0.05) is 80.6 Å². The first-order chi connectivity index (χ1) is 31.1. The molecule has 11 rings (SSSR count). The van der Waals surface area contributed by atoms with E-state index in [4.69, 9.17) is 19.5 Å². The number of rotatable bonds is 9. The number of ether oxygens (including phenoxy) is 2.